The third-order valence-corrected chi connectivity index (χ3v) is 4.69. The third kappa shape index (κ3) is 3.11. The Morgan fingerprint density at radius 1 is 1.54 bits per heavy atom. The number of aryl methyl sites for hydroxylation is 1. The Hall–Kier alpha value is -1.71. The molecule has 0 bridgehead atoms. The number of carboxylic acid groups (broad SMARTS) is 1. The van der Waals surface area contributed by atoms with Crippen molar-refractivity contribution < 1.29 is 19.4 Å². The predicted molar refractivity (Wildman–Crippen MR) is 89.5 cm³/mol. The standard InChI is InChI=1S/C15H19BrN4O4/c1-15(2)20(14(21)22)10(8-24-15)7-23-6-9-4-11(16)13-12(5-9)19(3)18-17-13/h4-5,10H,6-8H2,1-3H3,(H,21,22). The molecule has 1 N–H and O–H groups in total. The number of halogens is 1. The minimum Gasteiger partial charge on any atom is -0.465 e. The zero-order valence-corrected chi connectivity index (χ0v) is 15.3. The van der Waals surface area contributed by atoms with Crippen LogP contribution in [0, 0.1) is 0 Å². The van der Waals surface area contributed by atoms with E-state index in [-0.39, 0.29) is 12.6 Å². The van der Waals surface area contributed by atoms with Gasteiger partial charge in [-0.15, -0.1) is 5.10 Å². The van der Waals surface area contributed by atoms with E-state index in [1.165, 1.54) is 4.90 Å². The molecule has 24 heavy (non-hydrogen) atoms. The van der Waals surface area contributed by atoms with Gasteiger partial charge in [0.1, 0.15) is 11.2 Å². The maximum Gasteiger partial charge on any atom is 0.409 e. The number of hydrogen-bond acceptors (Lipinski definition) is 5. The second-order valence-corrected chi connectivity index (χ2v) is 7.09. The Labute approximate surface area is 147 Å². The van der Waals surface area contributed by atoms with Crippen LogP contribution in [-0.2, 0) is 23.1 Å². The van der Waals surface area contributed by atoms with E-state index >= 15 is 0 Å². The van der Waals surface area contributed by atoms with Crippen LogP contribution in [0.1, 0.15) is 19.4 Å². The number of fused-ring (bicyclic) bond motifs is 1. The highest BCUT2D eigenvalue weighted by Crippen LogP contribution is 2.28. The minimum atomic E-state index is -1.00. The molecule has 1 saturated heterocycles. The first-order valence-corrected chi connectivity index (χ1v) is 8.30. The van der Waals surface area contributed by atoms with Crippen LogP contribution < -0.4 is 0 Å². The van der Waals surface area contributed by atoms with Crippen molar-refractivity contribution >= 4 is 33.1 Å². The zero-order chi connectivity index (χ0) is 17.5. The van der Waals surface area contributed by atoms with E-state index in [0.29, 0.717) is 13.2 Å². The van der Waals surface area contributed by atoms with Crippen LogP contribution in [0.25, 0.3) is 11.0 Å². The Bertz CT molecular complexity index is 776. The molecule has 1 amide bonds. The van der Waals surface area contributed by atoms with Gasteiger partial charge in [0.05, 0.1) is 31.4 Å². The summed E-state index contributed by atoms with van der Waals surface area (Å²) >= 11 is 3.49. The van der Waals surface area contributed by atoms with Crippen LogP contribution in [0.5, 0.6) is 0 Å². The molecule has 9 heteroatoms. The van der Waals surface area contributed by atoms with E-state index in [9.17, 15) is 9.90 Å². The summed E-state index contributed by atoms with van der Waals surface area (Å²) in [6.07, 6.45) is -1.00. The molecule has 0 radical (unpaired) electrons. The third-order valence-electron chi connectivity index (χ3n) is 4.09. The first-order chi connectivity index (χ1) is 11.3. The summed E-state index contributed by atoms with van der Waals surface area (Å²) < 4.78 is 13.8. The van der Waals surface area contributed by atoms with Gasteiger partial charge in [0, 0.05) is 11.5 Å². The lowest BCUT2D eigenvalue weighted by Gasteiger charge is -2.30. The van der Waals surface area contributed by atoms with E-state index < -0.39 is 11.8 Å². The highest BCUT2D eigenvalue weighted by molar-refractivity contribution is 9.10. The molecule has 3 rings (SSSR count). The molecule has 1 aromatic carbocycles. The number of carbonyl (C=O) groups is 1. The van der Waals surface area contributed by atoms with Crippen LogP contribution in [0.2, 0.25) is 0 Å². The lowest BCUT2D eigenvalue weighted by molar-refractivity contribution is -0.0449. The fourth-order valence-corrected chi connectivity index (χ4v) is 3.51. The average molecular weight is 399 g/mol. The lowest BCUT2D eigenvalue weighted by Crippen LogP contribution is -2.48. The number of rotatable bonds is 4. The van der Waals surface area contributed by atoms with Crippen molar-refractivity contribution in [2.24, 2.45) is 7.05 Å². The molecular formula is C15H19BrN4O4. The van der Waals surface area contributed by atoms with Crippen LogP contribution in [0.3, 0.4) is 0 Å². The van der Waals surface area contributed by atoms with Gasteiger partial charge in [0.15, 0.2) is 0 Å². The molecule has 8 nitrogen and oxygen atoms in total. The van der Waals surface area contributed by atoms with Crippen molar-refractivity contribution in [3.8, 4) is 0 Å². The number of hydrogen-bond donors (Lipinski definition) is 1. The van der Waals surface area contributed by atoms with Gasteiger partial charge in [0.2, 0.25) is 0 Å². The molecule has 1 aliphatic rings. The molecule has 1 fully saturated rings. The second-order valence-electron chi connectivity index (χ2n) is 6.24. The van der Waals surface area contributed by atoms with Gasteiger partial charge in [-0.2, -0.15) is 0 Å². The van der Waals surface area contributed by atoms with Crippen molar-refractivity contribution in [1.82, 2.24) is 19.9 Å². The molecule has 0 spiro atoms. The molecule has 1 aliphatic heterocycles. The van der Waals surface area contributed by atoms with Crippen LogP contribution in [0.15, 0.2) is 16.6 Å². The minimum absolute atomic E-state index is 0.273. The van der Waals surface area contributed by atoms with Crippen molar-refractivity contribution in [3.63, 3.8) is 0 Å². The lowest BCUT2D eigenvalue weighted by atomic mass is 10.2. The van der Waals surface area contributed by atoms with Crippen molar-refractivity contribution in [1.29, 1.82) is 0 Å². The fourth-order valence-electron chi connectivity index (χ4n) is 2.93. The van der Waals surface area contributed by atoms with E-state index in [0.717, 1.165) is 21.1 Å². The van der Waals surface area contributed by atoms with Gasteiger partial charge in [-0.05, 0) is 47.5 Å². The van der Waals surface area contributed by atoms with Gasteiger partial charge < -0.3 is 14.6 Å². The predicted octanol–water partition coefficient (Wildman–Crippen LogP) is 2.36. The maximum absolute atomic E-state index is 11.4. The van der Waals surface area contributed by atoms with Crippen molar-refractivity contribution in [2.45, 2.75) is 32.2 Å². The van der Waals surface area contributed by atoms with Crippen LogP contribution >= 0.6 is 15.9 Å². The van der Waals surface area contributed by atoms with Gasteiger partial charge in [-0.3, -0.25) is 4.90 Å². The highest BCUT2D eigenvalue weighted by atomic mass is 79.9. The molecule has 0 saturated carbocycles. The molecule has 0 aliphatic carbocycles. The number of benzene rings is 1. The van der Waals surface area contributed by atoms with Crippen LogP contribution in [0.4, 0.5) is 4.79 Å². The summed E-state index contributed by atoms with van der Waals surface area (Å²) in [4.78, 5) is 12.7. The number of ether oxygens (including phenoxy) is 2. The first-order valence-electron chi connectivity index (χ1n) is 7.51. The zero-order valence-electron chi connectivity index (χ0n) is 13.7. The summed E-state index contributed by atoms with van der Waals surface area (Å²) in [7, 11) is 1.83. The largest absolute Gasteiger partial charge is 0.465 e. The Morgan fingerprint density at radius 3 is 3.00 bits per heavy atom. The number of nitrogens with zero attached hydrogens (tertiary/aromatic N) is 4. The normalized spacial score (nSPS) is 20.0. The van der Waals surface area contributed by atoms with Crippen LogP contribution in [-0.4, -0.2) is 56.1 Å². The Kier molecular flexibility index (Phi) is 4.50. The second kappa shape index (κ2) is 6.30. The quantitative estimate of drug-likeness (QED) is 0.849. The van der Waals surface area contributed by atoms with Gasteiger partial charge >= 0.3 is 6.09 Å². The van der Waals surface area contributed by atoms with Gasteiger partial charge in [-0.25, -0.2) is 9.48 Å². The van der Waals surface area contributed by atoms with Crippen molar-refractivity contribution in [2.75, 3.05) is 13.2 Å². The summed E-state index contributed by atoms with van der Waals surface area (Å²) in [6.45, 7) is 4.44. The molecule has 1 unspecified atom stereocenters. The summed E-state index contributed by atoms with van der Waals surface area (Å²) in [5, 5.41) is 17.4. The summed E-state index contributed by atoms with van der Waals surface area (Å²) in [6, 6.07) is 3.58. The molecule has 130 valence electrons. The van der Waals surface area contributed by atoms with Gasteiger partial charge in [-0.1, -0.05) is 5.21 Å². The average Bonchev–Trinajstić information content (AvgIpc) is 3.00. The Balaban J connectivity index is 1.66. The van der Waals surface area contributed by atoms with E-state index in [2.05, 4.69) is 26.2 Å². The topological polar surface area (TPSA) is 89.7 Å². The smallest absolute Gasteiger partial charge is 0.409 e. The number of aromatic nitrogens is 3. The van der Waals surface area contributed by atoms with E-state index in [1.54, 1.807) is 18.5 Å². The Morgan fingerprint density at radius 2 is 2.29 bits per heavy atom. The molecule has 1 aromatic heterocycles. The summed E-state index contributed by atoms with van der Waals surface area (Å²) in [5.41, 5.74) is 1.83. The molecule has 1 atom stereocenters. The maximum atomic E-state index is 11.4. The molecular weight excluding hydrogens is 380 g/mol. The fraction of sp³-hybridized carbons (Fsp3) is 0.533. The molecule has 2 aromatic rings. The highest BCUT2D eigenvalue weighted by Gasteiger charge is 2.43. The van der Waals surface area contributed by atoms with E-state index in [1.807, 2.05) is 19.2 Å². The first kappa shape index (κ1) is 17.1. The summed E-state index contributed by atoms with van der Waals surface area (Å²) in [5.74, 6) is 0. The SMILES string of the molecule is Cn1nnc2c(Br)cc(COCC3COC(C)(C)N3C(=O)O)cc21. The number of amides is 1. The monoisotopic (exact) mass is 398 g/mol. The molecule has 2 heterocycles. The van der Waals surface area contributed by atoms with Crippen molar-refractivity contribution in [3.05, 3.63) is 22.2 Å². The van der Waals surface area contributed by atoms with Gasteiger partial charge in [0.25, 0.3) is 0 Å². The van der Waals surface area contributed by atoms with E-state index in [4.69, 9.17) is 9.47 Å².